The van der Waals surface area contributed by atoms with Gasteiger partial charge in [-0.2, -0.15) is 0 Å². The first-order chi connectivity index (χ1) is 10.2. The van der Waals surface area contributed by atoms with Gasteiger partial charge in [-0.15, -0.1) is 11.3 Å². The number of aromatic nitrogens is 2. The molecule has 0 atom stereocenters. The lowest BCUT2D eigenvalue weighted by Crippen LogP contribution is -2.26. The summed E-state index contributed by atoms with van der Waals surface area (Å²) in [4.78, 5) is 31.0. The van der Waals surface area contributed by atoms with Gasteiger partial charge in [0.05, 0.1) is 24.7 Å². The molecule has 0 aliphatic rings. The highest BCUT2D eigenvalue weighted by molar-refractivity contribution is 7.13. The minimum Gasteiger partial charge on any atom is -0.469 e. The highest BCUT2D eigenvalue weighted by atomic mass is 32.1. The van der Waals surface area contributed by atoms with Gasteiger partial charge in [0.2, 0.25) is 5.91 Å². The second-order valence-corrected chi connectivity index (χ2v) is 5.33. The van der Waals surface area contributed by atoms with Crippen molar-refractivity contribution < 1.29 is 14.3 Å². The summed E-state index contributed by atoms with van der Waals surface area (Å²) in [5.74, 6) is -0.531. The van der Waals surface area contributed by atoms with Crippen molar-refractivity contribution in [2.24, 2.45) is 0 Å². The number of H-pyrrole nitrogens is 1. The summed E-state index contributed by atoms with van der Waals surface area (Å²) in [6.07, 6.45) is 2.57. The molecule has 6 nitrogen and oxygen atoms in total. The number of nitrogens with one attached hydrogen (secondary N) is 2. The number of methoxy groups -OCH3 is 1. The number of hydrogen-bond donors (Lipinski definition) is 2. The molecule has 0 saturated carbocycles. The molecular weight excluding hydrogens is 290 g/mol. The molecule has 0 bridgehead atoms. The second-order valence-electron chi connectivity index (χ2n) is 4.38. The quantitative estimate of drug-likeness (QED) is 0.763. The molecule has 112 valence electrons. The van der Waals surface area contributed by atoms with Gasteiger partial charge < -0.3 is 15.0 Å². The van der Waals surface area contributed by atoms with Crippen LogP contribution < -0.4 is 5.32 Å². The molecule has 2 aromatic heterocycles. The fourth-order valence-electron chi connectivity index (χ4n) is 1.87. The number of aromatic amines is 1. The zero-order valence-corrected chi connectivity index (χ0v) is 12.5. The largest absolute Gasteiger partial charge is 0.469 e. The highest BCUT2D eigenvalue weighted by Crippen LogP contribution is 2.25. The maximum atomic E-state index is 11.6. The minimum atomic E-state index is -0.376. The van der Waals surface area contributed by atoms with Gasteiger partial charge in [-0.05, 0) is 11.4 Å². The van der Waals surface area contributed by atoms with Crippen molar-refractivity contribution in [2.75, 3.05) is 13.7 Å². The predicted octanol–water partition coefficient (Wildman–Crippen LogP) is 1.75. The Balaban J connectivity index is 1.78. The van der Waals surface area contributed by atoms with Crippen molar-refractivity contribution in [3.8, 4) is 10.6 Å². The van der Waals surface area contributed by atoms with Crippen LogP contribution in [0.5, 0.6) is 0 Å². The number of thiophene rings is 1. The molecule has 2 heterocycles. The van der Waals surface area contributed by atoms with E-state index >= 15 is 0 Å². The van der Waals surface area contributed by atoms with Crippen molar-refractivity contribution in [3.63, 3.8) is 0 Å². The molecule has 2 aromatic rings. The molecule has 1 amide bonds. The Morgan fingerprint density at radius 2 is 2.29 bits per heavy atom. The lowest BCUT2D eigenvalue weighted by molar-refractivity contribution is -0.142. The Morgan fingerprint density at radius 1 is 1.43 bits per heavy atom. The second kappa shape index (κ2) is 7.58. The van der Waals surface area contributed by atoms with Gasteiger partial charge in [0.1, 0.15) is 5.69 Å². The third kappa shape index (κ3) is 4.42. The SMILES string of the molecule is COC(=O)CCC(=O)NCCc1[nH]cnc1-c1cccs1. The van der Waals surface area contributed by atoms with Crippen LogP contribution in [0.3, 0.4) is 0 Å². The smallest absolute Gasteiger partial charge is 0.306 e. The Kier molecular flexibility index (Phi) is 5.51. The number of amides is 1. The number of hydrogen-bond acceptors (Lipinski definition) is 5. The number of imidazole rings is 1. The van der Waals surface area contributed by atoms with Crippen LogP contribution in [0.2, 0.25) is 0 Å². The molecule has 0 radical (unpaired) electrons. The normalized spacial score (nSPS) is 10.3. The van der Waals surface area contributed by atoms with Crippen LogP contribution in [0, 0.1) is 0 Å². The molecule has 0 spiro atoms. The predicted molar refractivity (Wildman–Crippen MR) is 79.9 cm³/mol. The number of nitrogens with zero attached hydrogens (tertiary/aromatic N) is 1. The Hall–Kier alpha value is -2.15. The van der Waals surface area contributed by atoms with Gasteiger partial charge in [0.25, 0.3) is 0 Å². The lowest BCUT2D eigenvalue weighted by Gasteiger charge is -2.05. The molecule has 0 aromatic carbocycles. The van der Waals surface area contributed by atoms with Crippen LogP contribution in [0.15, 0.2) is 23.8 Å². The molecule has 21 heavy (non-hydrogen) atoms. The first-order valence-corrected chi connectivity index (χ1v) is 7.48. The summed E-state index contributed by atoms with van der Waals surface area (Å²) in [6.45, 7) is 0.501. The van der Waals surface area contributed by atoms with Crippen LogP contribution in [0.25, 0.3) is 10.6 Å². The Labute approximate surface area is 126 Å². The van der Waals surface area contributed by atoms with E-state index in [4.69, 9.17) is 0 Å². The van der Waals surface area contributed by atoms with E-state index in [9.17, 15) is 9.59 Å². The topological polar surface area (TPSA) is 84.1 Å². The third-order valence-corrected chi connectivity index (χ3v) is 3.83. The number of carbonyl (C=O) groups is 2. The van der Waals surface area contributed by atoms with Crippen LogP contribution in [-0.4, -0.2) is 35.5 Å². The summed E-state index contributed by atoms with van der Waals surface area (Å²) >= 11 is 1.63. The van der Waals surface area contributed by atoms with Crippen LogP contribution in [0.4, 0.5) is 0 Å². The molecule has 0 unspecified atom stereocenters. The molecular formula is C14H17N3O3S. The van der Waals surface area contributed by atoms with E-state index in [1.54, 1.807) is 17.7 Å². The van der Waals surface area contributed by atoms with Crippen molar-refractivity contribution in [1.29, 1.82) is 0 Å². The van der Waals surface area contributed by atoms with E-state index in [-0.39, 0.29) is 24.7 Å². The summed E-state index contributed by atoms with van der Waals surface area (Å²) in [5.41, 5.74) is 1.92. The molecule has 0 saturated heterocycles. The van der Waals surface area contributed by atoms with E-state index in [2.05, 4.69) is 20.0 Å². The molecule has 0 fully saturated rings. The van der Waals surface area contributed by atoms with Crippen LogP contribution in [-0.2, 0) is 20.7 Å². The number of rotatable bonds is 7. The Morgan fingerprint density at radius 3 is 3.00 bits per heavy atom. The van der Waals surface area contributed by atoms with Gasteiger partial charge in [-0.1, -0.05) is 6.07 Å². The molecule has 2 rings (SSSR count). The Bertz CT molecular complexity index is 592. The van der Waals surface area contributed by atoms with Crippen molar-refractivity contribution in [2.45, 2.75) is 19.3 Å². The highest BCUT2D eigenvalue weighted by Gasteiger charge is 2.10. The first-order valence-electron chi connectivity index (χ1n) is 6.60. The van der Waals surface area contributed by atoms with E-state index < -0.39 is 0 Å². The maximum Gasteiger partial charge on any atom is 0.306 e. The van der Waals surface area contributed by atoms with Crippen LogP contribution >= 0.6 is 11.3 Å². The van der Waals surface area contributed by atoms with E-state index in [1.165, 1.54) is 7.11 Å². The molecule has 0 aliphatic heterocycles. The molecule has 2 N–H and O–H groups in total. The van der Waals surface area contributed by atoms with E-state index in [0.29, 0.717) is 13.0 Å². The van der Waals surface area contributed by atoms with Crippen LogP contribution in [0.1, 0.15) is 18.5 Å². The zero-order chi connectivity index (χ0) is 15.1. The van der Waals surface area contributed by atoms with Gasteiger partial charge in [-0.3, -0.25) is 9.59 Å². The minimum absolute atomic E-state index is 0.104. The number of esters is 1. The van der Waals surface area contributed by atoms with Crippen molar-refractivity contribution in [1.82, 2.24) is 15.3 Å². The number of ether oxygens (including phenoxy) is 1. The third-order valence-electron chi connectivity index (χ3n) is 2.95. The van der Waals surface area contributed by atoms with E-state index in [1.807, 2.05) is 17.5 Å². The standard InChI is InChI=1S/C14H17N3O3S/c1-20-13(19)5-4-12(18)15-7-6-10-14(17-9-16-10)11-3-2-8-21-11/h2-3,8-9H,4-7H2,1H3,(H,15,18)(H,16,17). The van der Waals surface area contributed by atoms with Gasteiger partial charge in [-0.25, -0.2) is 4.98 Å². The first kappa shape index (κ1) is 15.2. The summed E-state index contributed by atoms with van der Waals surface area (Å²) < 4.78 is 4.49. The molecule has 0 aliphatic carbocycles. The average molecular weight is 307 g/mol. The fraction of sp³-hybridized carbons (Fsp3) is 0.357. The van der Waals surface area contributed by atoms with Crippen molar-refractivity contribution in [3.05, 3.63) is 29.5 Å². The summed E-state index contributed by atoms with van der Waals surface area (Å²) in [6, 6.07) is 3.99. The zero-order valence-electron chi connectivity index (χ0n) is 11.7. The van der Waals surface area contributed by atoms with Gasteiger partial charge in [0.15, 0.2) is 0 Å². The van der Waals surface area contributed by atoms with Gasteiger partial charge >= 0.3 is 5.97 Å². The van der Waals surface area contributed by atoms with Gasteiger partial charge in [0, 0.05) is 25.1 Å². The average Bonchev–Trinajstić information content (AvgIpc) is 3.15. The number of carbonyl (C=O) groups excluding carboxylic acids is 2. The van der Waals surface area contributed by atoms with E-state index in [0.717, 1.165) is 16.3 Å². The maximum absolute atomic E-state index is 11.6. The molecule has 7 heteroatoms. The summed E-state index contributed by atoms with van der Waals surface area (Å²) in [5, 5.41) is 4.78. The summed E-state index contributed by atoms with van der Waals surface area (Å²) in [7, 11) is 1.31. The van der Waals surface area contributed by atoms with Crippen molar-refractivity contribution >= 4 is 23.2 Å². The lowest BCUT2D eigenvalue weighted by atomic mass is 10.2. The fourth-order valence-corrected chi connectivity index (χ4v) is 2.62. The monoisotopic (exact) mass is 307 g/mol.